The Balaban J connectivity index is 1.95. The highest BCUT2D eigenvalue weighted by Crippen LogP contribution is 2.18. The summed E-state index contributed by atoms with van der Waals surface area (Å²) >= 11 is 0. The van der Waals surface area contributed by atoms with Crippen molar-refractivity contribution in [1.29, 1.82) is 0 Å². The van der Waals surface area contributed by atoms with Crippen molar-refractivity contribution in [2.24, 2.45) is 5.92 Å². The summed E-state index contributed by atoms with van der Waals surface area (Å²) in [5.41, 5.74) is 2.77. The smallest absolute Gasteiger partial charge is 0.0234 e. The van der Waals surface area contributed by atoms with Crippen LogP contribution in [0.4, 0.5) is 0 Å². The first-order valence-electron chi connectivity index (χ1n) is 6.62. The second-order valence-corrected chi connectivity index (χ2v) is 5.51. The monoisotopic (exact) mass is 232 g/mol. The van der Waals surface area contributed by atoms with Gasteiger partial charge in [0.25, 0.3) is 0 Å². The average molecular weight is 232 g/mol. The maximum Gasteiger partial charge on any atom is 0.0234 e. The van der Waals surface area contributed by atoms with E-state index in [-0.39, 0.29) is 0 Å². The van der Waals surface area contributed by atoms with Gasteiger partial charge >= 0.3 is 0 Å². The molecule has 0 spiro atoms. The summed E-state index contributed by atoms with van der Waals surface area (Å²) in [4.78, 5) is 2.57. The van der Waals surface area contributed by atoms with Crippen LogP contribution >= 0.6 is 0 Å². The zero-order valence-corrected chi connectivity index (χ0v) is 11.2. The molecule has 1 saturated heterocycles. The minimum Gasteiger partial charge on any atom is -0.316 e. The molecule has 1 aromatic carbocycles. The van der Waals surface area contributed by atoms with E-state index in [1.54, 1.807) is 0 Å². The molecule has 0 radical (unpaired) electrons. The molecule has 0 saturated carbocycles. The fourth-order valence-electron chi connectivity index (χ4n) is 2.75. The minimum absolute atomic E-state index is 0.657. The van der Waals surface area contributed by atoms with E-state index in [0.717, 1.165) is 12.5 Å². The van der Waals surface area contributed by atoms with E-state index < -0.39 is 0 Å². The lowest BCUT2D eigenvalue weighted by atomic mass is 9.95. The number of benzene rings is 1. The molecule has 17 heavy (non-hydrogen) atoms. The van der Waals surface area contributed by atoms with E-state index in [2.05, 4.69) is 55.4 Å². The highest BCUT2D eigenvalue weighted by Gasteiger charge is 2.23. The Labute approximate surface area is 105 Å². The van der Waals surface area contributed by atoms with Gasteiger partial charge < -0.3 is 5.32 Å². The van der Waals surface area contributed by atoms with Crippen LogP contribution in [0.15, 0.2) is 24.3 Å². The second kappa shape index (κ2) is 5.65. The predicted octanol–water partition coefficient (Wildman–Crippen LogP) is 2.42. The normalized spacial score (nSPS) is 26.1. The van der Waals surface area contributed by atoms with Crippen LogP contribution in [0.25, 0.3) is 0 Å². The molecule has 1 aromatic rings. The van der Waals surface area contributed by atoms with Crippen molar-refractivity contribution in [1.82, 2.24) is 10.2 Å². The van der Waals surface area contributed by atoms with Crippen LogP contribution < -0.4 is 5.32 Å². The van der Waals surface area contributed by atoms with Crippen molar-refractivity contribution in [3.8, 4) is 0 Å². The number of likely N-dealkylation sites (tertiary alicyclic amines) is 1. The quantitative estimate of drug-likeness (QED) is 0.861. The largest absolute Gasteiger partial charge is 0.316 e. The summed E-state index contributed by atoms with van der Waals surface area (Å²) in [5, 5.41) is 3.42. The lowest BCUT2D eigenvalue weighted by Gasteiger charge is -2.36. The van der Waals surface area contributed by atoms with Crippen LogP contribution in [0.3, 0.4) is 0 Å². The van der Waals surface area contributed by atoms with Crippen molar-refractivity contribution in [2.45, 2.75) is 32.9 Å². The van der Waals surface area contributed by atoms with E-state index in [1.165, 1.54) is 30.6 Å². The molecule has 0 aromatic heterocycles. The van der Waals surface area contributed by atoms with Crippen molar-refractivity contribution in [2.75, 3.05) is 20.1 Å². The Morgan fingerprint density at radius 2 is 1.94 bits per heavy atom. The van der Waals surface area contributed by atoms with Gasteiger partial charge in [-0.15, -0.1) is 0 Å². The van der Waals surface area contributed by atoms with E-state index >= 15 is 0 Å². The number of likely N-dealkylation sites (N-methyl/N-ethyl adjacent to an activating group) is 1. The van der Waals surface area contributed by atoms with Crippen LogP contribution in [0.1, 0.15) is 24.5 Å². The van der Waals surface area contributed by atoms with E-state index in [1.807, 2.05) is 0 Å². The van der Waals surface area contributed by atoms with Gasteiger partial charge in [-0.25, -0.2) is 0 Å². The summed E-state index contributed by atoms with van der Waals surface area (Å²) in [6.07, 6.45) is 1.31. The van der Waals surface area contributed by atoms with E-state index in [9.17, 15) is 0 Å². The third-order valence-corrected chi connectivity index (χ3v) is 3.67. The summed E-state index contributed by atoms with van der Waals surface area (Å²) in [6.45, 7) is 7.99. The zero-order chi connectivity index (χ0) is 12.3. The SMILES string of the molecule is CNC1CC(C)CN(Cc2ccc(C)cc2)C1. The zero-order valence-electron chi connectivity index (χ0n) is 11.2. The van der Waals surface area contributed by atoms with Gasteiger partial charge in [-0.1, -0.05) is 36.8 Å². The van der Waals surface area contributed by atoms with Gasteiger partial charge in [-0.3, -0.25) is 4.90 Å². The molecular formula is C15H24N2. The Kier molecular flexibility index (Phi) is 4.19. The molecule has 2 atom stereocenters. The van der Waals surface area contributed by atoms with Gasteiger partial charge in [0.1, 0.15) is 0 Å². The summed E-state index contributed by atoms with van der Waals surface area (Å²) < 4.78 is 0. The van der Waals surface area contributed by atoms with E-state index in [4.69, 9.17) is 0 Å². The predicted molar refractivity (Wildman–Crippen MR) is 73.1 cm³/mol. The van der Waals surface area contributed by atoms with Crippen molar-refractivity contribution >= 4 is 0 Å². The molecule has 1 heterocycles. The first-order chi connectivity index (χ1) is 8.17. The van der Waals surface area contributed by atoms with E-state index in [0.29, 0.717) is 6.04 Å². The molecule has 2 unspecified atom stereocenters. The van der Waals surface area contributed by atoms with Crippen molar-refractivity contribution in [3.05, 3.63) is 35.4 Å². The first kappa shape index (κ1) is 12.6. The molecule has 1 fully saturated rings. The van der Waals surface area contributed by atoms with Gasteiger partial charge in [0.05, 0.1) is 0 Å². The fraction of sp³-hybridized carbons (Fsp3) is 0.600. The summed E-state index contributed by atoms with van der Waals surface area (Å²) in [7, 11) is 2.08. The van der Waals surface area contributed by atoms with Gasteiger partial charge in [-0.05, 0) is 31.9 Å². The van der Waals surface area contributed by atoms with Gasteiger partial charge in [0.2, 0.25) is 0 Å². The molecule has 2 heteroatoms. The Hall–Kier alpha value is -0.860. The third-order valence-electron chi connectivity index (χ3n) is 3.67. The number of piperidine rings is 1. The van der Waals surface area contributed by atoms with Crippen molar-refractivity contribution in [3.63, 3.8) is 0 Å². The minimum atomic E-state index is 0.657. The Bertz CT molecular complexity index is 344. The fourth-order valence-corrected chi connectivity index (χ4v) is 2.75. The van der Waals surface area contributed by atoms with Gasteiger partial charge in [0.15, 0.2) is 0 Å². The number of rotatable bonds is 3. The Morgan fingerprint density at radius 1 is 1.24 bits per heavy atom. The number of nitrogens with one attached hydrogen (secondary N) is 1. The third kappa shape index (κ3) is 3.55. The number of nitrogens with zero attached hydrogens (tertiary/aromatic N) is 1. The molecule has 0 bridgehead atoms. The Morgan fingerprint density at radius 3 is 2.59 bits per heavy atom. The molecule has 94 valence electrons. The summed E-state index contributed by atoms with van der Waals surface area (Å²) in [5.74, 6) is 0.798. The van der Waals surface area contributed by atoms with Crippen LogP contribution in [0, 0.1) is 12.8 Å². The molecule has 1 aliphatic rings. The van der Waals surface area contributed by atoms with Crippen LogP contribution in [0.5, 0.6) is 0 Å². The lowest BCUT2D eigenvalue weighted by molar-refractivity contribution is 0.146. The number of aryl methyl sites for hydroxylation is 1. The molecular weight excluding hydrogens is 208 g/mol. The van der Waals surface area contributed by atoms with Crippen molar-refractivity contribution < 1.29 is 0 Å². The maximum atomic E-state index is 3.42. The highest BCUT2D eigenvalue weighted by molar-refractivity contribution is 5.21. The molecule has 2 rings (SSSR count). The molecule has 2 nitrogen and oxygen atoms in total. The van der Waals surface area contributed by atoms with Gasteiger partial charge in [-0.2, -0.15) is 0 Å². The van der Waals surface area contributed by atoms with Crippen LogP contribution in [-0.4, -0.2) is 31.1 Å². The molecule has 0 amide bonds. The molecule has 1 aliphatic heterocycles. The number of hydrogen-bond acceptors (Lipinski definition) is 2. The average Bonchev–Trinajstić information content (AvgIpc) is 2.31. The highest BCUT2D eigenvalue weighted by atomic mass is 15.2. The molecule has 0 aliphatic carbocycles. The number of hydrogen-bond donors (Lipinski definition) is 1. The molecule has 1 N–H and O–H groups in total. The lowest BCUT2D eigenvalue weighted by Crippen LogP contribution is -2.47. The maximum absolute atomic E-state index is 3.42. The van der Waals surface area contributed by atoms with Gasteiger partial charge in [0, 0.05) is 25.7 Å². The standard InChI is InChI=1S/C15H24N2/c1-12-4-6-14(7-5-12)10-17-9-13(2)8-15(11-17)16-3/h4-7,13,15-16H,8-11H2,1-3H3. The van der Waals surface area contributed by atoms with Crippen LogP contribution in [-0.2, 0) is 6.54 Å². The topological polar surface area (TPSA) is 15.3 Å². The second-order valence-electron chi connectivity index (χ2n) is 5.51. The summed E-state index contributed by atoms with van der Waals surface area (Å²) in [6, 6.07) is 9.58. The van der Waals surface area contributed by atoms with Crippen LogP contribution in [0.2, 0.25) is 0 Å². The first-order valence-corrected chi connectivity index (χ1v) is 6.62.